The lowest BCUT2D eigenvalue weighted by molar-refractivity contribution is -0.146. The number of pyridine rings is 1. The van der Waals surface area contributed by atoms with Gasteiger partial charge < -0.3 is 30.3 Å². The summed E-state index contributed by atoms with van der Waals surface area (Å²) in [4.78, 5) is 63.5. The zero-order valence-electron chi connectivity index (χ0n) is 30.4. The molecule has 3 N–H and O–H groups in total. The number of rotatable bonds is 7. The average Bonchev–Trinajstić information content (AvgIpc) is 3.58. The molecule has 1 aromatic heterocycles. The minimum absolute atomic E-state index is 0.0136. The normalized spacial score (nSPS) is 24.8. The first-order valence-corrected chi connectivity index (χ1v) is 18.7. The zero-order valence-corrected chi connectivity index (χ0v) is 30.4. The predicted molar refractivity (Wildman–Crippen MR) is 199 cm³/mol. The number of hydrogen-bond donors (Lipinski definition) is 2. The van der Waals surface area contributed by atoms with Gasteiger partial charge in [0.2, 0.25) is 23.6 Å². The number of nitrogens with two attached hydrogens (primary N) is 1. The number of likely N-dealkylation sites (tertiary alicyclic amines) is 1. The minimum atomic E-state index is -1.35. The summed E-state index contributed by atoms with van der Waals surface area (Å²) in [6.45, 7) is 3.17. The van der Waals surface area contributed by atoms with Crippen molar-refractivity contribution in [3.8, 4) is 22.8 Å². The van der Waals surface area contributed by atoms with E-state index in [2.05, 4.69) is 5.32 Å². The highest BCUT2D eigenvalue weighted by Gasteiger charge is 2.45. The van der Waals surface area contributed by atoms with E-state index in [-0.39, 0.29) is 37.6 Å². The van der Waals surface area contributed by atoms with Gasteiger partial charge in [0.15, 0.2) is 0 Å². The van der Waals surface area contributed by atoms with E-state index in [9.17, 15) is 19.2 Å². The van der Waals surface area contributed by atoms with E-state index in [4.69, 9.17) is 20.2 Å². The molecule has 0 spiro atoms. The van der Waals surface area contributed by atoms with Gasteiger partial charge in [-0.1, -0.05) is 55.3 Å². The van der Waals surface area contributed by atoms with Gasteiger partial charge in [-0.2, -0.15) is 0 Å². The number of amides is 4. The van der Waals surface area contributed by atoms with E-state index in [0.717, 1.165) is 55.9 Å². The number of primary amides is 1. The smallest absolute Gasteiger partial charge is 0.243 e. The number of hydrogen-bond acceptors (Lipinski definition) is 7. The first kappa shape index (κ1) is 36.8. The summed E-state index contributed by atoms with van der Waals surface area (Å²) in [7, 11) is 1.61. The summed E-state index contributed by atoms with van der Waals surface area (Å²) in [6.07, 6.45) is 10.9. The Morgan fingerprint density at radius 2 is 1.75 bits per heavy atom. The molecular weight excluding hydrogens is 658 g/mol. The summed E-state index contributed by atoms with van der Waals surface area (Å²) < 4.78 is 12.2. The summed E-state index contributed by atoms with van der Waals surface area (Å²) >= 11 is 0. The van der Waals surface area contributed by atoms with Crippen molar-refractivity contribution in [1.82, 2.24) is 20.1 Å². The van der Waals surface area contributed by atoms with Gasteiger partial charge in [0.1, 0.15) is 29.2 Å². The van der Waals surface area contributed by atoms with Crippen molar-refractivity contribution in [3.05, 3.63) is 66.7 Å². The number of ether oxygens (including phenoxy) is 2. The van der Waals surface area contributed by atoms with Crippen molar-refractivity contribution in [1.29, 1.82) is 0 Å². The summed E-state index contributed by atoms with van der Waals surface area (Å²) in [5, 5.41) is 3.67. The van der Waals surface area contributed by atoms with E-state index in [1.807, 2.05) is 71.6 Å². The quantitative estimate of drug-likeness (QED) is 0.306. The monoisotopic (exact) mass is 709 g/mol. The summed E-state index contributed by atoms with van der Waals surface area (Å²) in [5.41, 5.74) is 6.80. The Morgan fingerprint density at radius 3 is 2.50 bits per heavy atom. The van der Waals surface area contributed by atoms with Crippen LogP contribution in [0.15, 0.2) is 66.7 Å². The standard InChI is InChI=1S/C41H51N5O6/c1-41(40(42)50)20-12-6-4-3-5-9-17-29(23-37(47)45-21-13-8-14-22-45)39(49)46-27-31(25-35(46)38(48)44-41)52-36-26-33(28-15-10-7-11-16-28)43-34-24-30(51-2)18-19-32(34)36/h6-7,10-12,15-16,18-19,24,26,29,31,35H,3-5,8-9,13-14,17,20-23,25,27H2,1-2H3,(H2,42,50)(H,44,48)/t29-,31-,35+,41-/m1/s1. The molecule has 276 valence electrons. The third-order valence-corrected chi connectivity index (χ3v) is 10.7. The molecule has 0 unspecified atom stereocenters. The predicted octanol–water partition coefficient (Wildman–Crippen LogP) is 5.55. The third-order valence-electron chi connectivity index (χ3n) is 10.7. The number of piperidine rings is 1. The molecule has 3 aliphatic heterocycles. The zero-order chi connectivity index (χ0) is 36.7. The molecule has 11 nitrogen and oxygen atoms in total. The first-order valence-electron chi connectivity index (χ1n) is 18.7. The van der Waals surface area contributed by atoms with Gasteiger partial charge >= 0.3 is 0 Å². The van der Waals surface area contributed by atoms with Crippen molar-refractivity contribution in [2.45, 2.75) is 95.2 Å². The van der Waals surface area contributed by atoms with E-state index >= 15 is 0 Å². The largest absolute Gasteiger partial charge is 0.497 e. The van der Waals surface area contributed by atoms with E-state index in [1.165, 1.54) is 0 Å². The molecule has 4 atom stereocenters. The Morgan fingerprint density at radius 1 is 0.981 bits per heavy atom. The Bertz CT molecular complexity index is 1790. The number of nitrogens with one attached hydrogen (secondary N) is 1. The van der Waals surface area contributed by atoms with Crippen molar-refractivity contribution < 1.29 is 28.7 Å². The molecule has 4 heterocycles. The molecule has 52 heavy (non-hydrogen) atoms. The second kappa shape index (κ2) is 16.6. The van der Waals surface area contributed by atoms with E-state index < -0.39 is 35.4 Å². The Labute approximate surface area is 305 Å². The topological polar surface area (TPSA) is 144 Å². The lowest BCUT2D eigenvalue weighted by Crippen LogP contribution is -2.59. The van der Waals surface area contributed by atoms with Crippen LogP contribution in [0.5, 0.6) is 11.5 Å². The van der Waals surface area contributed by atoms with Gasteiger partial charge in [-0.3, -0.25) is 19.2 Å². The second-order valence-electron chi connectivity index (χ2n) is 14.6. The average molecular weight is 710 g/mol. The molecule has 0 aliphatic carbocycles. The van der Waals surface area contributed by atoms with Crippen molar-refractivity contribution in [3.63, 3.8) is 0 Å². The highest BCUT2D eigenvalue weighted by Crippen LogP contribution is 2.35. The molecular formula is C41H51N5O6. The minimum Gasteiger partial charge on any atom is -0.497 e. The lowest BCUT2D eigenvalue weighted by atomic mass is 9.94. The number of carbonyl (C=O) groups excluding carboxylic acids is 4. The number of benzene rings is 2. The van der Waals surface area contributed by atoms with Gasteiger partial charge in [-0.15, -0.1) is 0 Å². The molecule has 6 rings (SSSR count). The second-order valence-corrected chi connectivity index (χ2v) is 14.6. The number of allylic oxidation sites excluding steroid dienone is 1. The van der Waals surface area contributed by atoms with Crippen LogP contribution >= 0.6 is 0 Å². The van der Waals surface area contributed by atoms with Crippen LogP contribution in [0.3, 0.4) is 0 Å². The molecule has 3 aromatic rings. The maximum Gasteiger partial charge on any atom is 0.243 e. The van der Waals surface area contributed by atoms with Crippen LogP contribution in [-0.2, 0) is 19.2 Å². The fourth-order valence-corrected chi connectivity index (χ4v) is 7.58. The highest BCUT2D eigenvalue weighted by molar-refractivity contribution is 5.95. The Kier molecular flexibility index (Phi) is 11.8. The number of fused-ring (bicyclic) bond motifs is 2. The molecule has 2 saturated heterocycles. The number of carbonyl (C=O) groups is 4. The molecule has 2 aromatic carbocycles. The molecule has 3 aliphatic rings. The number of nitrogens with zero attached hydrogens (tertiary/aromatic N) is 3. The van der Waals surface area contributed by atoms with Gasteiger partial charge in [0, 0.05) is 54.9 Å². The maximum atomic E-state index is 14.6. The molecule has 0 radical (unpaired) electrons. The summed E-state index contributed by atoms with van der Waals surface area (Å²) in [6, 6.07) is 16.3. The number of methoxy groups -OCH3 is 1. The van der Waals surface area contributed by atoms with Crippen LogP contribution in [0.25, 0.3) is 22.2 Å². The SMILES string of the molecule is COc1ccc2c(O[C@@H]3C[C@H]4C(=O)N[C@@](C)(C(N)=O)CC=CCCCCC[C@H](CC(=O)N5CCCCC5)C(=O)N4C3)cc(-c3ccccc3)nc2c1. The van der Waals surface area contributed by atoms with Gasteiger partial charge in [0.05, 0.1) is 24.9 Å². The van der Waals surface area contributed by atoms with E-state index in [1.54, 1.807) is 18.9 Å². The lowest BCUT2D eigenvalue weighted by Gasteiger charge is -2.33. The third kappa shape index (κ3) is 8.57. The van der Waals surface area contributed by atoms with E-state index in [0.29, 0.717) is 42.2 Å². The van der Waals surface area contributed by atoms with Gasteiger partial charge in [-0.05, 0) is 64.0 Å². The van der Waals surface area contributed by atoms with Gasteiger partial charge in [0.25, 0.3) is 0 Å². The Balaban J connectivity index is 1.34. The van der Waals surface area contributed by atoms with Crippen molar-refractivity contribution in [2.24, 2.45) is 11.7 Å². The summed E-state index contributed by atoms with van der Waals surface area (Å²) in [5.74, 6) is -0.737. The van der Waals surface area contributed by atoms with Crippen LogP contribution in [0.1, 0.15) is 77.6 Å². The highest BCUT2D eigenvalue weighted by atomic mass is 16.5. The van der Waals surface area contributed by atoms with Crippen LogP contribution in [0, 0.1) is 5.92 Å². The van der Waals surface area contributed by atoms with Crippen LogP contribution < -0.4 is 20.5 Å². The molecule has 4 amide bonds. The van der Waals surface area contributed by atoms with Gasteiger partial charge in [-0.25, -0.2) is 4.98 Å². The molecule has 2 fully saturated rings. The van der Waals surface area contributed by atoms with Crippen molar-refractivity contribution in [2.75, 3.05) is 26.7 Å². The fourth-order valence-electron chi connectivity index (χ4n) is 7.58. The fraction of sp³-hybridized carbons (Fsp3) is 0.488. The maximum absolute atomic E-state index is 14.6. The first-order chi connectivity index (χ1) is 25.1. The molecule has 0 bridgehead atoms. The molecule has 0 saturated carbocycles. The van der Waals surface area contributed by atoms with Crippen LogP contribution in [0.4, 0.5) is 0 Å². The van der Waals surface area contributed by atoms with Crippen molar-refractivity contribution >= 4 is 34.5 Å². The molecule has 11 heteroatoms. The van der Waals surface area contributed by atoms with Crippen LogP contribution in [-0.4, -0.2) is 82.8 Å². The van der Waals surface area contributed by atoms with Crippen LogP contribution in [0.2, 0.25) is 0 Å². The number of aromatic nitrogens is 1. The Hall–Kier alpha value is -4.93.